The first-order chi connectivity index (χ1) is 13.2. The third-order valence-corrected chi connectivity index (χ3v) is 4.93. The van der Waals surface area contributed by atoms with Gasteiger partial charge in [0.25, 0.3) is 5.91 Å². The fraction of sp³-hybridized carbons (Fsp3) is 0.143. The van der Waals surface area contributed by atoms with E-state index in [2.05, 4.69) is 10.3 Å². The minimum Gasteiger partial charge on any atom is -0.497 e. The lowest BCUT2D eigenvalue weighted by molar-refractivity contribution is 0.0947. The maximum atomic E-state index is 12.7. The molecule has 0 saturated heterocycles. The number of nitrogens with one attached hydrogen (secondary N) is 1. The summed E-state index contributed by atoms with van der Waals surface area (Å²) in [5, 5.41) is 3.61. The zero-order valence-corrected chi connectivity index (χ0v) is 16.0. The minimum atomic E-state index is -0.181. The zero-order chi connectivity index (χ0) is 19.1. The first-order valence-corrected chi connectivity index (χ1v) is 9.20. The number of carbonyl (C=O) groups excluding carboxylic acids is 1. The molecule has 0 saturated carbocycles. The van der Waals surface area contributed by atoms with Crippen LogP contribution in [0.1, 0.15) is 15.9 Å². The molecule has 0 spiro atoms. The summed E-state index contributed by atoms with van der Waals surface area (Å²) in [7, 11) is 3.19. The molecule has 0 aliphatic rings. The summed E-state index contributed by atoms with van der Waals surface area (Å²) in [5.74, 6) is 1.19. The lowest BCUT2D eigenvalue weighted by atomic mass is 10.2. The average Bonchev–Trinajstić information content (AvgIpc) is 2.73. The summed E-state index contributed by atoms with van der Waals surface area (Å²) in [6.07, 6.45) is 1.69. The van der Waals surface area contributed by atoms with Gasteiger partial charge in [0.05, 0.1) is 19.8 Å². The number of amides is 1. The number of hydrogen-bond acceptors (Lipinski definition) is 5. The van der Waals surface area contributed by atoms with Crippen LogP contribution in [-0.2, 0) is 6.54 Å². The molecule has 6 heteroatoms. The zero-order valence-electron chi connectivity index (χ0n) is 15.1. The first kappa shape index (κ1) is 18.8. The van der Waals surface area contributed by atoms with Gasteiger partial charge in [-0.15, -0.1) is 0 Å². The molecular weight excluding hydrogens is 360 g/mol. The molecule has 0 unspecified atom stereocenters. The average molecular weight is 380 g/mol. The smallest absolute Gasteiger partial charge is 0.254 e. The van der Waals surface area contributed by atoms with Gasteiger partial charge in [0.15, 0.2) is 0 Å². The van der Waals surface area contributed by atoms with E-state index < -0.39 is 0 Å². The van der Waals surface area contributed by atoms with Crippen LogP contribution < -0.4 is 14.8 Å². The van der Waals surface area contributed by atoms with Gasteiger partial charge in [0.1, 0.15) is 16.5 Å². The van der Waals surface area contributed by atoms with E-state index in [1.165, 1.54) is 11.8 Å². The molecule has 0 aliphatic carbocycles. The van der Waals surface area contributed by atoms with E-state index in [4.69, 9.17) is 9.47 Å². The summed E-state index contributed by atoms with van der Waals surface area (Å²) >= 11 is 1.46. The fourth-order valence-electron chi connectivity index (χ4n) is 2.51. The van der Waals surface area contributed by atoms with E-state index in [1.807, 2.05) is 42.5 Å². The number of rotatable bonds is 7. The molecule has 1 amide bonds. The predicted molar refractivity (Wildman–Crippen MR) is 106 cm³/mol. The summed E-state index contributed by atoms with van der Waals surface area (Å²) in [6.45, 7) is 0.344. The van der Waals surface area contributed by atoms with Gasteiger partial charge in [0.2, 0.25) is 0 Å². The minimum absolute atomic E-state index is 0.181. The molecule has 138 valence electrons. The standard InChI is InChI=1S/C21H20N2O3S/c1-25-16-11-10-15(19(13-16)26-2)14-23-20(24)18-9-6-12-22-21(18)27-17-7-4-3-5-8-17/h3-13H,14H2,1-2H3,(H,23,24). The molecule has 1 heterocycles. The van der Waals surface area contributed by atoms with Gasteiger partial charge in [-0.3, -0.25) is 4.79 Å². The van der Waals surface area contributed by atoms with Crippen LogP contribution in [0.15, 0.2) is 76.8 Å². The van der Waals surface area contributed by atoms with Crippen molar-refractivity contribution in [3.63, 3.8) is 0 Å². The maximum absolute atomic E-state index is 12.7. The van der Waals surface area contributed by atoms with Gasteiger partial charge in [-0.2, -0.15) is 0 Å². The summed E-state index contributed by atoms with van der Waals surface area (Å²) < 4.78 is 10.6. The Kier molecular flexibility index (Phi) is 6.33. The Morgan fingerprint density at radius 3 is 2.59 bits per heavy atom. The molecule has 3 aromatic rings. The predicted octanol–water partition coefficient (Wildman–Crippen LogP) is 4.18. The quantitative estimate of drug-likeness (QED) is 0.666. The monoisotopic (exact) mass is 380 g/mol. The number of nitrogens with zero attached hydrogens (tertiary/aromatic N) is 1. The molecule has 1 aromatic heterocycles. The molecular formula is C21H20N2O3S. The Morgan fingerprint density at radius 1 is 1.04 bits per heavy atom. The second-order valence-corrected chi connectivity index (χ2v) is 6.69. The van der Waals surface area contributed by atoms with Crippen LogP contribution in [0.2, 0.25) is 0 Å². The van der Waals surface area contributed by atoms with Crippen LogP contribution in [0.4, 0.5) is 0 Å². The number of methoxy groups -OCH3 is 2. The Hall–Kier alpha value is -2.99. The van der Waals surface area contributed by atoms with Crippen molar-refractivity contribution >= 4 is 17.7 Å². The highest BCUT2D eigenvalue weighted by Crippen LogP contribution is 2.28. The number of pyridine rings is 1. The van der Waals surface area contributed by atoms with Crippen LogP contribution in [0.25, 0.3) is 0 Å². The van der Waals surface area contributed by atoms with Gasteiger partial charge < -0.3 is 14.8 Å². The Labute approximate surface area is 162 Å². The van der Waals surface area contributed by atoms with Crippen molar-refractivity contribution in [2.24, 2.45) is 0 Å². The molecule has 0 bridgehead atoms. The molecule has 27 heavy (non-hydrogen) atoms. The molecule has 1 N–H and O–H groups in total. The summed E-state index contributed by atoms with van der Waals surface area (Å²) in [6, 6.07) is 18.9. The highest BCUT2D eigenvalue weighted by molar-refractivity contribution is 7.99. The largest absolute Gasteiger partial charge is 0.497 e. The van der Waals surface area contributed by atoms with Crippen LogP contribution in [0, 0.1) is 0 Å². The molecule has 0 fully saturated rings. The molecule has 0 radical (unpaired) electrons. The number of carbonyl (C=O) groups is 1. The lowest BCUT2D eigenvalue weighted by Crippen LogP contribution is -2.24. The van der Waals surface area contributed by atoms with Crippen LogP contribution >= 0.6 is 11.8 Å². The van der Waals surface area contributed by atoms with Crippen molar-refractivity contribution in [1.29, 1.82) is 0 Å². The Bertz CT molecular complexity index is 916. The molecule has 5 nitrogen and oxygen atoms in total. The topological polar surface area (TPSA) is 60.5 Å². The number of ether oxygens (including phenoxy) is 2. The fourth-order valence-corrected chi connectivity index (χ4v) is 3.41. The van der Waals surface area contributed by atoms with E-state index in [1.54, 1.807) is 38.6 Å². The highest BCUT2D eigenvalue weighted by Gasteiger charge is 2.14. The van der Waals surface area contributed by atoms with Crippen molar-refractivity contribution < 1.29 is 14.3 Å². The van der Waals surface area contributed by atoms with Crippen molar-refractivity contribution in [1.82, 2.24) is 10.3 Å². The highest BCUT2D eigenvalue weighted by atomic mass is 32.2. The van der Waals surface area contributed by atoms with E-state index in [0.29, 0.717) is 28.6 Å². The van der Waals surface area contributed by atoms with Crippen LogP contribution in [0.3, 0.4) is 0 Å². The third-order valence-electron chi connectivity index (χ3n) is 3.91. The second-order valence-electron chi connectivity index (χ2n) is 5.63. The molecule has 0 atom stereocenters. The van der Waals surface area contributed by atoms with E-state index in [-0.39, 0.29) is 5.91 Å². The molecule has 0 aliphatic heterocycles. The van der Waals surface area contributed by atoms with Crippen molar-refractivity contribution in [3.05, 3.63) is 78.0 Å². The van der Waals surface area contributed by atoms with Gasteiger partial charge in [0, 0.05) is 29.3 Å². The van der Waals surface area contributed by atoms with Gasteiger partial charge in [-0.05, 0) is 36.4 Å². The third kappa shape index (κ3) is 4.80. The van der Waals surface area contributed by atoms with Crippen molar-refractivity contribution in [2.75, 3.05) is 14.2 Å². The maximum Gasteiger partial charge on any atom is 0.254 e. The Balaban J connectivity index is 1.74. The van der Waals surface area contributed by atoms with Gasteiger partial charge in [-0.1, -0.05) is 30.0 Å². The molecule has 2 aromatic carbocycles. The van der Waals surface area contributed by atoms with Crippen molar-refractivity contribution in [2.45, 2.75) is 16.5 Å². The second kappa shape index (κ2) is 9.09. The van der Waals surface area contributed by atoms with E-state index >= 15 is 0 Å². The van der Waals surface area contributed by atoms with E-state index in [9.17, 15) is 4.79 Å². The van der Waals surface area contributed by atoms with E-state index in [0.717, 1.165) is 10.5 Å². The number of benzene rings is 2. The summed E-state index contributed by atoms with van der Waals surface area (Å²) in [4.78, 5) is 18.1. The number of aromatic nitrogens is 1. The lowest BCUT2D eigenvalue weighted by Gasteiger charge is -2.12. The van der Waals surface area contributed by atoms with Gasteiger partial charge >= 0.3 is 0 Å². The van der Waals surface area contributed by atoms with Crippen molar-refractivity contribution in [3.8, 4) is 11.5 Å². The first-order valence-electron chi connectivity index (χ1n) is 8.38. The number of hydrogen-bond donors (Lipinski definition) is 1. The molecule has 3 rings (SSSR count). The van der Waals surface area contributed by atoms with Crippen LogP contribution in [-0.4, -0.2) is 25.1 Å². The Morgan fingerprint density at radius 2 is 1.85 bits per heavy atom. The van der Waals surface area contributed by atoms with Gasteiger partial charge in [-0.25, -0.2) is 4.98 Å². The summed E-state index contributed by atoms with van der Waals surface area (Å²) in [5.41, 5.74) is 1.41. The normalized spacial score (nSPS) is 10.3. The van der Waals surface area contributed by atoms with Crippen LogP contribution in [0.5, 0.6) is 11.5 Å². The SMILES string of the molecule is COc1ccc(CNC(=O)c2cccnc2Sc2ccccc2)c(OC)c1.